The van der Waals surface area contributed by atoms with Gasteiger partial charge in [-0.3, -0.25) is 0 Å². The molecule has 1 rings (SSSR count). The van der Waals surface area contributed by atoms with Gasteiger partial charge in [0.05, 0.1) is 0 Å². The first-order valence-corrected chi connectivity index (χ1v) is 2.75. The van der Waals surface area contributed by atoms with Gasteiger partial charge in [-0.25, -0.2) is 0 Å². The Balaban J connectivity index is 2.27. The van der Waals surface area contributed by atoms with Gasteiger partial charge in [-0.1, -0.05) is 13.0 Å². The van der Waals surface area contributed by atoms with Crippen molar-refractivity contribution in [1.29, 1.82) is 0 Å². The highest BCUT2D eigenvalue weighted by Gasteiger charge is 2.17. The summed E-state index contributed by atoms with van der Waals surface area (Å²) in [6.07, 6.45) is 3.89. The Hall–Kier alpha value is -0.460. The van der Waals surface area contributed by atoms with E-state index < -0.39 is 0 Å². The zero-order chi connectivity index (χ0) is 5.28. The second kappa shape index (κ2) is 1.57. The van der Waals surface area contributed by atoms with Crippen LogP contribution >= 0.6 is 0 Å². The Labute approximate surface area is 44.2 Å². The summed E-state index contributed by atoms with van der Waals surface area (Å²) >= 11 is 0. The zero-order valence-electron chi connectivity index (χ0n) is 4.48. The lowest BCUT2D eigenvalue weighted by atomic mass is 9.84. The average molecular weight is 97.2 g/mol. The van der Waals surface area contributed by atoms with E-state index in [4.69, 9.17) is 5.73 Å². The Morgan fingerprint density at radius 1 is 1.57 bits per heavy atom. The normalized spacial score (nSPS) is 21.1. The predicted molar refractivity (Wildman–Crippen MR) is 30.7 cm³/mol. The molecule has 1 saturated carbocycles. The van der Waals surface area contributed by atoms with E-state index in [1.165, 1.54) is 19.3 Å². The second-order valence-electron chi connectivity index (χ2n) is 2.20. The molecule has 1 heteroatoms. The van der Waals surface area contributed by atoms with E-state index >= 15 is 0 Å². The van der Waals surface area contributed by atoms with E-state index in [0.29, 0.717) is 5.92 Å². The maximum atomic E-state index is 5.40. The molecule has 1 aliphatic carbocycles. The third kappa shape index (κ3) is 0.763. The zero-order valence-corrected chi connectivity index (χ0v) is 4.48. The van der Waals surface area contributed by atoms with Gasteiger partial charge in [0, 0.05) is 5.70 Å². The van der Waals surface area contributed by atoms with Crippen molar-refractivity contribution in [2.45, 2.75) is 19.3 Å². The van der Waals surface area contributed by atoms with Crippen LogP contribution in [0.5, 0.6) is 0 Å². The standard InChI is InChI=1S/C6H11N/c1-5(7)6-3-2-4-6/h6H,1-4,7H2. The number of allylic oxidation sites excluding steroid dienone is 1. The first-order chi connectivity index (χ1) is 3.30. The summed E-state index contributed by atoms with van der Waals surface area (Å²) in [5.41, 5.74) is 6.28. The van der Waals surface area contributed by atoms with Crippen LogP contribution in [0.4, 0.5) is 0 Å². The fourth-order valence-electron chi connectivity index (χ4n) is 0.779. The van der Waals surface area contributed by atoms with Crippen LogP contribution in [0.15, 0.2) is 12.3 Å². The molecule has 40 valence electrons. The van der Waals surface area contributed by atoms with Crippen LogP contribution in [0.3, 0.4) is 0 Å². The molecule has 0 aromatic heterocycles. The van der Waals surface area contributed by atoms with Crippen LogP contribution in [-0.2, 0) is 0 Å². The van der Waals surface area contributed by atoms with Crippen molar-refractivity contribution < 1.29 is 0 Å². The molecule has 0 aromatic rings. The predicted octanol–water partition coefficient (Wildman–Crippen LogP) is 1.26. The van der Waals surface area contributed by atoms with E-state index in [1.807, 2.05) is 0 Å². The number of rotatable bonds is 1. The molecule has 0 radical (unpaired) electrons. The van der Waals surface area contributed by atoms with Gasteiger partial charge in [-0.2, -0.15) is 0 Å². The van der Waals surface area contributed by atoms with Crippen molar-refractivity contribution in [3.8, 4) is 0 Å². The van der Waals surface area contributed by atoms with E-state index in [2.05, 4.69) is 6.58 Å². The molecule has 0 aromatic carbocycles. The molecular weight excluding hydrogens is 86.1 g/mol. The van der Waals surface area contributed by atoms with Gasteiger partial charge in [-0.05, 0) is 18.8 Å². The molecule has 0 saturated heterocycles. The summed E-state index contributed by atoms with van der Waals surface area (Å²) < 4.78 is 0. The smallest absolute Gasteiger partial charge is 0.00390 e. The molecule has 7 heavy (non-hydrogen) atoms. The highest BCUT2D eigenvalue weighted by molar-refractivity contribution is 4.98. The third-order valence-electron chi connectivity index (χ3n) is 1.63. The minimum Gasteiger partial charge on any atom is -0.402 e. The summed E-state index contributed by atoms with van der Waals surface area (Å²) in [6, 6.07) is 0. The van der Waals surface area contributed by atoms with Crippen LogP contribution in [0.2, 0.25) is 0 Å². The SMILES string of the molecule is C=C(N)C1CCC1. The molecule has 0 spiro atoms. The lowest BCUT2D eigenvalue weighted by Gasteiger charge is -2.24. The number of hydrogen-bond acceptors (Lipinski definition) is 1. The maximum absolute atomic E-state index is 5.40. The van der Waals surface area contributed by atoms with Crippen molar-refractivity contribution in [1.82, 2.24) is 0 Å². The summed E-state index contributed by atoms with van der Waals surface area (Å²) in [5.74, 6) is 0.667. The van der Waals surface area contributed by atoms with Crippen LogP contribution in [0.1, 0.15) is 19.3 Å². The molecule has 1 nitrogen and oxygen atoms in total. The number of hydrogen-bond donors (Lipinski definition) is 1. The van der Waals surface area contributed by atoms with Gasteiger partial charge in [0.25, 0.3) is 0 Å². The second-order valence-corrected chi connectivity index (χ2v) is 2.20. The van der Waals surface area contributed by atoms with Gasteiger partial charge in [0.2, 0.25) is 0 Å². The minimum absolute atomic E-state index is 0.667. The van der Waals surface area contributed by atoms with Gasteiger partial charge in [0.1, 0.15) is 0 Å². The molecule has 0 bridgehead atoms. The molecular formula is C6H11N. The van der Waals surface area contributed by atoms with Crippen LogP contribution < -0.4 is 5.73 Å². The lowest BCUT2D eigenvalue weighted by molar-refractivity contribution is 0.366. The molecule has 2 N–H and O–H groups in total. The quantitative estimate of drug-likeness (QED) is 0.523. The highest BCUT2D eigenvalue weighted by atomic mass is 14.6. The molecule has 1 aliphatic rings. The van der Waals surface area contributed by atoms with Gasteiger partial charge >= 0.3 is 0 Å². The fraction of sp³-hybridized carbons (Fsp3) is 0.667. The van der Waals surface area contributed by atoms with E-state index in [9.17, 15) is 0 Å². The van der Waals surface area contributed by atoms with E-state index in [1.54, 1.807) is 0 Å². The lowest BCUT2D eigenvalue weighted by Crippen LogP contribution is -2.17. The van der Waals surface area contributed by atoms with Crippen molar-refractivity contribution in [3.63, 3.8) is 0 Å². The van der Waals surface area contributed by atoms with E-state index in [0.717, 1.165) is 5.70 Å². The fourth-order valence-corrected chi connectivity index (χ4v) is 0.779. The Kier molecular flexibility index (Phi) is 1.05. The first kappa shape index (κ1) is 4.69. The monoisotopic (exact) mass is 97.1 g/mol. The summed E-state index contributed by atoms with van der Waals surface area (Å²) in [6.45, 7) is 3.65. The third-order valence-corrected chi connectivity index (χ3v) is 1.63. The van der Waals surface area contributed by atoms with Crippen molar-refractivity contribution in [3.05, 3.63) is 12.3 Å². The van der Waals surface area contributed by atoms with E-state index in [-0.39, 0.29) is 0 Å². The van der Waals surface area contributed by atoms with Crippen molar-refractivity contribution >= 4 is 0 Å². The van der Waals surface area contributed by atoms with Crippen molar-refractivity contribution in [2.75, 3.05) is 0 Å². The molecule has 0 heterocycles. The Morgan fingerprint density at radius 3 is 2.14 bits per heavy atom. The molecule has 0 aliphatic heterocycles. The highest BCUT2D eigenvalue weighted by Crippen LogP contribution is 2.29. The summed E-state index contributed by atoms with van der Waals surface area (Å²) in [4.78, 5) is 0. The van der Waals surface area contributed by atoms with Gasteiger partial charge in [0.15, 0.2) is 0 Å². The summed E-state index contributed by atoms with van der Waals surface area (Å²) in [7, 11) is 0. The maximum Gasteiger partial charge on any atom is 0.00390 e. The molecule has 0 atom stereocenters. The largest absolute Gasteiger partial charge is 0.402 e. The topological polar surface area (TPSA) is 26.0 Å². The van der Waals surface area contributed by atoms with Crippen LogP contribution in [-0.4, -0.2) is 0 Å². The number of nitrogens with two attached hydrogens (primary N) is 1. The van der Waals surface area contributed by atoms with Gasteiger partial charge in [-0.15, -0.1) is 0 Å². The average Bonchev–Trinajstić information content (AvgIpc) is 1.23. The molecule has 0 unspecified atom stereocenters. The van der Waals surface area contributed by atoms with Crippen LogP contribution in [0, 0.1) is 5.92 Å². The summed E-state index contributed by atoms with van der Waals surface area (Å²) in [5, 5.41) is 0. The molecule has 0 amide bonds. The minimum atomic E-state index is 0.667. The van der Waals surface area contributed by atoms with Gasteiger partial charge < -0.3 is 5.73 Å². The van der Waals surface area contributed by atoms with Crippen LogP contribution in [0.25, 0.3) is 0 Å². The van der Waals surface area contributed by atoms with Crippen molar-refractivity contribution in [2.24, 2.45) is 11.7 Å². The first-order valence-electron chi connectivity index (χ1n) is 2.75. The Bertz CT molecular complexity index is 82.2. The molecule has 1 fully saturated rings. The Morgan fingerprint density at radius 2 is 2.14 bits per heavy atom.